The lowest BCUT2D eigenvalue weighted by molar-refractivity contribution is -0.149. The molecular formula is C13H16ClFO3. The van der Waals surface area contributed by atoms with Gasteiger partial charge >= 0.3 is 5.97 Å². The first-order valence-electron chi connectivity index (χ1n) is 5.72. The van der Waals surface area contributed by atoms with Crippen molar-refractivity contribution < 1.29 is 18.7 Å². The van der Waals surface area contributed by atoms with Gasteiger partial charge in [0.2, 0.25) is 6.17 Å². The summed E-state index contributed by atoms with van der Waals surface area (Å²) in [6.07, 6.45) is -1.85. The maximum Gasteiger partial charge on any atom is 0.345 e. The maximum absolute atomic E-state index is 13.7. The predicted molar refractivity (Wildman–Crippen MR) is 67.7 cm³/mol. The third-order valence-corrected chi connectivity index (χ3v) is 2.40. The van der Waals surface area contributed by atoms with Crippen molar-refractivity contribution in [2.75, 3.05) is 6.61 Å². The number of carbonyl (C=O) groups is 1. The molecule has 0 heterocycles. The third-order valence-electron chi connectivity index (χ3n) is 2.10. The number of halogens is 2. The molecule has 0 aliphatic rings. The van der Waals surface area contributed by atoms with Crippen molar-refractivity contribution in [3.8, 4) is 5.75 Å². The number of ether oxygens (including phenoxy) is 2. The highest BCUT2D eigenvalue weighted by molar-refractivity contribution is 6.32. The highest BCUT2D eigenvalue weighted by Crippen LogP contribution is 2.30. The van der Waals surface area contributed by atoms with Crippen LogP contribution in [0.5, 0.6) is 5.75 Å². The maximum atomic E-state index is 13.7. The molecule has 0 spiro atoms. The van der Waals surface area contributed by atoms with Crippen LogP contribution in [0.2, 0.25) is 5.02 Å². The Kier molecular flexibility index (Phi) is 5.41. The molecule has 0 N–H and O–H groups in total. The van der Waals surface area contributed by atoms with Crippen molar-refractivity contribution >= 4 is 17.6 Å². The summed E-state index contributed by atoms with van der Waals surface area (Å²) >= 11 is 5.96. The van der Waals surface area contributed by atoms with Gasteiger partial charge in [0.05, 0.1) is 17.7 Å². The van der Waals surface area contributed by atoms with E-state index in [2.05, 4.69) is 4.74 Å². The van der Waals surface area contributed by atoms with Crippen LogP contribution in [0.15, 0.2) is 18.2 Å². The number of carbonyl (C=O) groups excluding carboxylic acids is 1. The van der Waals surface area contributed by atoms with Crippen molar-refractivity contribution in [2.24, 2.45) is 0 Å². The lowest BCUT2D eigenvalue weighted by atomic mass is 10.1. The second kappa shape index (κ2) is 6.59. The minimum absolute atomic E-state index is 0.0282. The quantitative estimate of drug-likeness (QED) is 0.768. The number of alkyl halides is 1. The van der Waals surface area contributed by atoms with E-state index in [1.165, 1.54) is 12.1 Å². The summed E-state index contributed by atoms with van der Waals surface area (Å²) in [6.45, 7) is 5.49. The molecule has 0 bridgehead atoms. The first kappa shape index (κ1) is 14.8. The predicted octanol–water partition coefficient (Wildman–Crippen LogP) is 3.70. The Bertz CT molecular complexity index is 421. The Balaban J connectivity index is 2.86. The number of benzene rings is 1. The zero-order valence-corrected chi connectivity index (χ0v) is 11.3. The Labute approximate surface area is 111 Å². The van der Waals surface area contributed by atoms with E-state index >= 15 is 0 Å². The Hall–Kier alpha value is -1.29. The van der Waals surface area contributed by atoms with Crippen LogP contribution in [0.4, 0.5) is 4.39 Å². The van der Waals surface area contributed by atoms with Crippen LogP contribution in [0, 0.1) is 0 Å². The molecule has 100 valence electrons. The fraction of sp³-hybridized carbons (Fsp3) is 0.462. The fourth-order valence-corrected chi connectivity index (χ4v) is 1.61. The normalized spacial score (nSPS) is 12.3. The molecule has 0 saturated carbocycles. The summed E-state index contributed by atoms with van der Waals surface area (Å²) in [7, 11) is 0. The Morgan fingerprint density at radius 3 is 2.61 bits per heavy atom. The smallest absolute Gasteiger partial charge is 0.345 e. The molecule has 18 heavy (non-hydrogen) atoms. The van der Waals surface area contributed by atoms with Crippen LogP contribution in [0.3, 0.4) is 0 Å². The lowest BCUT2D eigenvalue weighted by Crippen LogP contribution is -2.12. The summed E-state index contributed by atoms with van der Waals surface area (Å²) in [5.41, 5.74) is 0.162. The monoisotopic (exact) mass is 274 g/mol. The van der Waals surface area contributed by atoms with Crippen LogP contribution in [0.25, 0.3) is 0 Å². The molecule has 1 aromatic rings. The molecule has 3 nitrogen and oxygen atoms in total. The van der Waals surface area contributed by atoms with Crippen molar-refractivity contribution in [3.05, 3.63) is 28.8 Å². The van der Waals surface area contributed by atoms with Gasteiger partial charge in [-0.2, -0.15) is 0 Å². The zero-order valence-electron chi connectivity index (χ0n) is 10.6. The van der Waals surface area contributed by atoms with Crippen LogP contribution in [-0.2, 0) is 9.53 Å². The van der Waals surface area contributed by atoms with Crippen LogP contribution < -0.4 is 4.74 Å². The van der Waals surface area contributed by atoms with Crippen LogP contribution in [0.1, 0.15) is 32.5 Å². The van der Waals surface area contributed by atoms with Gasteiger partial charge in [-0.05, 0) is 38.5 Å². The van der Waals surface area contributed by atoms with Gasteiger partial charge in [-0.15, -0.1) is 0 Å². The molecule has 1 atom stereocenters. The van der Waals surface area contributed by atoms with Gasteiger partial charge in [-0.1, -0.05) is 17.7 Å². The number of esters is 1. The lowest BCUT2D eigenvalue weighted by Gasteiger charge is -2.13. The van der Waals surface area contributed by atoms with E-state index in [4.69, 9.17) is 16.3 Å². The first-order valence-corrected chi connectivity index (χ1v) is 6.10. The van der Waals surface area contributed by atoms with Gasteiger partial charge in [0.25, 0.3) is 0 Å². The highest BCUT2D eigenvalue weighted by atomic mass is 35.5. The Morgan fingerprint density at radius 2 is 2.11 bits per heavy atom. The summed E-state index contributed by atoms with van der Waals surface area (Å²) in [6, 6.07) is 4.38. The van der Waals surface area contributed by atoms with Crippen molar-refractivity contribution in [3.63, 3.8) is 0 Å². The summed E-state index contributed by atoms with van der Waals surface area (Å²) in [5.74, 6) is -0.447. The second-order valence-electron chi connectivity index (χ2n) is 3.97. The van der Waals surface area contributed by atoms with Crippen LogP contribution >= 0.6 is 11.6 Å². The van der Waals surface area contributed by atoms with Crippen molar-refractivity contribution in [2.45, 2.75) is 33.0 Å². The Morgan fingerprint density at radius 1 is 1.44 bits per heavy atom. The van der Waals surface area contributed by atoms with Crippen LogP contribution in [-0.4, -0.2) is 18.7 Å². The molecule has 0 saturated heterocycles. The van der Waals surface area contributed by atoms with E-state index in [0.29, 0.717) is 5.75 Å². The molecule has 0 aliphatic carbocycles. The van der Waals surface area contributed by atoms with Gasteiger partial charge in [0.15, 0.2) is 0 Å². The molecule has 0 fully saturated rings. The molecule has 0 amide bonds. The van der Waals surface area contributed by atoms with Gasteiger partial charge in [0, 0.05) is 0 Å². The SMILES string of the molecule is CCOC(=O)C(F)c1ccc(OC(C)C)c(Cl)c1. The number of hydrogen-bond acceptors (Lipinski definition) is 3. The molecule has 0 radical (unpaired) electrons. The van der Waals surface area contributed by atoms with Gasteiger partial charge in [-0.3, -0.25) is 0 Å². The van der Waals surface area contributed by atoms with Gasteiger partial charge < -0.3 is 9.47 Å². The first-order chi connectivity index (χ1) is 8.45. The van der Waals surface area contributed by atoms with E-state index < -0.39 is 12.1 Å². The average molecular weight is 275 g/mol. The molecular weight excluding hydrogens is 259 g/mol. The van der Waals surface area contributed by atoms with E-state index in [1.54, 1.807) is 13.0 Å². The summed E-state index contributed by atoms with van der Waals surface area (Å²) in [4.78, 5) is 11.2. The largest absolute Gasteiger partial charge is 0.489 e. The topological polar surface area (TPSA) is 35.5 Å². The van der Waals surface area contributed by atoms with E-state index in [0.717, 1.165) is 0 Å². The minimum Gasteiger partial charge on any atom is -0.489 e. The second-order valence-corrected chi connectivity index (χ2v) is 4.38. The highest BCUT2D eigenvalue weighted by Gasteiger charge is 2.22. The average Bonchev–Trinajstić information content (AvgIpc) is 2.30. The zero-order chi connectivity index (χ0) is 13.7. The number of hydrogen-bond donors (Lipinski definition) is 0. The minimum atomic E-state index is -1.82. The van der Waals surface area contributed by atoms with Crippen molar-refractivity contribution in [1.29, 1.82) is 0 Å². The fourth-order valence-electron chi connectivity index (χ4n) is 1.38. The number of rotatable bonds is 5. The van der Waals surface area contributed by atoms with Gasteiger partial charge in [-0.25, -0.2) is 9.18 Å². The standard InChI is InChI=1S/C13H16ClFO3/c1-4-17-13(16)12(15)9-5-6-11(10(14)7-9)18-8(2)3/h5-8,12H,4H2,1-3H3. The van der Waals surface area contributed by atoms with E-state index in [9.17, 15) is 9.18 Å². The molecule has 1 aromatic carbocycles. The molecule has 0 aliphatic heterocycles. The van der Waals surface area contributed by atoms with E-state index in [1.807, 2.05) is 13.8 Å². The summed E-state index contributed by atoms with van der Waals surface area (Å²) in [5, 5.41) is 0.271. The molecule has 1 unspecified atom stereocenters. The molecule has 1 rings (SSSR count). The molecule has 5 heteroatoms. The van der Waals surface area contributed by atoms with Gasteiger partial charge in [0.1, 0.15) is 5.75 Å². The van der Waals surface area contributed by atoms with E-state index in [-0.39, 0.29) is 23.3 Å². The summed E-state index contributed by atoms with van der Waals surface area (Å²) < 4.78 is 23.7. The third kappa shape index (κ3) is 3.88. The van der Waals surface area contributed by atoms with Crippen molar-refractivity contribution in [1.82, 2.24) is 0 Å². The molecule has 0 aromatic heterocycles.